The van der Waals surface area contributed by atoms with Crippen molar-refractivity contribution in [2.75, 3.05) is 6.54 Å². The first-order chi connectivity index (χ1) is 8.88. The maximum Gasteiger partial charge on any atom is 0.0357 e. The molecular weight excluding hydrogens is 230 g/mol. The van der Waals surface area contributed by atoms with Crippen LogP contribution >= 0.6 is 0 Å². The van der Waals surface area contributed by atoms with Gasteiger partial charge in [0.25, 0.3) is 0 Å². The highest BCUT2D eigenvalue weighted by molar-refractivity contribution is 5.30. The fraction of sp³-hybridized carbons (Fsp3) is 0.556. The quantitative estimate of drug-likeness (QED) is 0.710. The number of nitrogens with one attached hydrogen (secondary N) is 1. The second-order valence-electron chi connectivity index (χ2n) is 6.29. The van der Waals surface area contributed by atoms with Crippen LogP contribution < -0.4 is 5.32 Å². The van der Waals surface area contributed by atoms with Crippen molar-refractivity contribution in [3.63, 3.8) is 0 Å². The van der Waals surface area contributed by atoms with Crippen LogP contribution in [0.5, 0.6) is 0 Å². The minimum Gasteiger partial charge on any atom is -0.310 e. The van der Waals surface area contributed by atoms with E-state index in [2.05, 4.69) is 70.8 Å². The summed E-state index contributed by atoms with van der Waals surface area (Å²) in [6.07, 6.45) is 2.08. The third kappa shape index (κ3) is 4.83. The molecule has 1 aromatic carbocycles. The lowest BCUT2D eigenvalue weighted by molar-refractivity contribution is 0.541. The maximum atomic E-state index is 4.14. The van der Waals surface area contributed by atoms with Crippen molar-refractivity contribution in [2.24, 2.45) is 0 Å². The van der Waals surface area contributed by atoms with Gasteiger partial charge in [0.1, 0.15) is 0 Å². The van der Waals surface area contributed by atoms with Crippen LogP contribution in [-0.4, -0.2) is 6.54 Å². The first-order valence-corrected chi connectivity index (χ1v) is 7.39. The molecule has 0 aliphatic rings. The van der Waals surface area contributed by atoms with Crippen LogP contribution in [0.25, 0.3) is 0 Å². The normalized spacial score (nSPS) is 13.3. The number of rotatable bonds is 6. The topological polar surface area (TPSA) is 12.0 Å². The Hall–Kier alpha value is -1.08. The Bertz CT molecular complexity index is 395. The molecule has 0 fully saturated rings. The van der Waals surface area contributed by atoms with Gasteiger partial charge < -0.3 is 5.32 Å². The Balaban J connectivity index is 2.88. The largest absolute Gasteiger partial charge is 0.310 e. The lowest BCUT2D eigenvalue weighted by Crippen LogP contribution is -2.21. The summed E-state index contributed by atoms with van der Waals surface area (Å²) in [5, 5.41) is 3.56. The standard InChI is InChI=1S/C18H29N/c1-7-14(3)13-17(19-8-2)15-9-11-16(12-10-15)18(4,5)6/h9-12,17,19H,3,7-8,13H2,1-2,4-6H3. The van der Waals surface area contributed by atoms with Crippen LogP contribution in [0, 0.1) is 0 Å². The van der Waals surface area contributed by atoms with Crippen LogP contribution in [0.1, 0.15) is 64.6 Å². The van der Waals surface area contributed by atoms with Gasteiger partial charge in [-0.2, -0.15) is 0 Å². The molecule has 1 unspecified atom stereocenters. The van der Waals surface area contributed by atoms with E-state index in [4.69, 9.17) is 0 Å². The van der Waals surface area contributed by atoms with Gasteiger partial charge in [-0.05, 0) is 35.9 Å². The molecule has 0 spiro atoms. The number of benzene rings is 1. The maximum absolute atomic E-state index is 4.14. The Labute approximate surface area is 119 Å². The predicted octanol–water partition coefficient (Wildman–Crippen LogP) is 4.99. The van der Waals surface area contributed by atoms with E-state index in [0.29, 0.717) is 6.04 Å². The van der Waals surface area contributed by atoms with Gasteiger partial charge in [0.15, 0.2) is 0 Å². The van der Waals surface area contributed by atoms with Crippen molar-refractivity contribution in [3.8, 4) is 0 Å². The van der Waals surface area contributed by atoms with Crippen LogP contribution in [0.4, 0.5) is 0 Å². The Morgan fingerprint density at radius 1 is 1.16 bits per heavy atom. The summed E-state index contributed by atoms with van der Waals surface area (Å²) in [5.41, 5.74) is 4.29. The highest BCUT2D eigenvalue weighted by atomic mass is 14.9. The van der Waals surface area contributed by atoms with Crippen molar-refractivity contribution in [3.05, 3.63) is 47.5 Å². The fourth-order valence-electron chi connectivity index (χ4n) is 2.20. The molecule has 19 heavy (non-hydrogen) atoms. The van der Waals surface area contributed by atoms with Crippen LogP contribution in [0.2, 0.25) is 0 Å². The van der Waals surface area contributed by atoms with Crippen LogP contribution in [-0.2, 0) is 5.41 Å². The predicted molar refractivity (Wildman–Crippen MR) is 85.6 cm³/mol. The van der Waals surface area contributed by atoms with E-state index in [1.54, 1.807) is 0 Å². The zero-order valence-electron chi connectivity index (χ0n) is 13.2. The smallest absolute Gasteiger partial charge is 0.0357 e. The molecule has 1 N–H and O–H groups in total. The van der Waals surface area contributed by atoms with E-state index >= 15 is 0 Å². The Morgan fingerprint density at radius 3 is 2.16 bits per heavy atom. The monoisotopic (exact) mass is 259 g/mol. The van der Waals surface area contributed by atoms with Gasteiger partial charge in [-0.15, -0.1) is 0 Å². The molecule has 0 aromatic heterocycles. The van der Waals surface area contributed by atoms with Gasteiger partial charge in [0.2, 0.25) is 0 Å². The summed E-state index contributed by atoms with van der Waals surface area (Å²) < 4.78 is 0. The molecule has 0 aliphatic heterocycles. The first-order valence-electron chi connectivity index (χ1n) is 7.39. The molecule has 106 valence electrons. The molecule has 0 amide bonds. The van der Waals surface area contributed by atoms with E-state index in [9.17, 15) is 0 Å². The van der Waals surface area contributed by atoms with Gasteiger partial charge >= 0.3 is 0 Å². The SMILES string of the molecule is C=C(CC)CC(NCC)c1ccc(C(C)(C)C)cc1. The fourth-order valence-corrected chi connectivity index (χ4v) is 2.20. The van der Waals surface area contributed by atoms with Crippen molar-refractivity contribution < 1.29 is 0 Å². The van der Waals surface area contributed by atoms with Gasteiger partial charge in [-0.1, -0.05) is 71.0 Å². The molecule has 1 heteroatoms. The molecule has 0 radical (unpaired) electrons. The van der Waals surface area contributed by atoms with Crippen molar-refractivity contribution in [2.45, 2.75) is 58.9 Å². The Morgan fingerprint density at radius 2 is 1.74 bits per heavy atom. The van der Waals surface area contributed by atoms with Crippen molar-refractivity contribution >= 4 is 0 Å². The summed E-state index contributed by atoms with van der Waals surface area (Å²) in [6.45, 7) is 16.2. The zero-order valence-corrected chi connectivity index (χ0v) is 13.2. The first kappa shape index (κ1) is 16.0. The van der Waals surface area contributed by atoms with Crippen LogP contribution in [0.3, 0.4) is 0 Å². The summed E-state index contributed by atoms with van der Waals surface area (Å²) in [6, 6.07) is 9.43. The molecule has 1 rings (SSSR count). The molecule has 0 saturated carbocycles. The van der Waals surface area contributed by atoms with Gasteiger partial charge in [-0.3, -0.25) is 0 Å². The minimum atomic E-state index is 0.221. The zero-order chi connectivity index (χ0) is 14.5. The van der Waals surface area contributed by atoms with E-state index in [1.165, 1.54) is 16.7 Å². The molecule has 1 aromatic rings. The van der Waals surface area contributed by atoms with Gasteiger partial charge in [0.05, 0.1) is 0 Å². The second kappa shape index (κ2) is 6.91. The summed E-state index contributed by atoms with van der Waals surface area (Å²) in [7, 11) is 0. The molecule has 0 saturated heterocycles. The van der Waals surface area contributed by atoms with E-state index < -0.39 is 0 Å². The molecule has 0 aliphatic carbocycles. The molecule has 0 heterocycles. The molecular formula is C18H29N. The Kier molecular flexibility index (Phi) is 5.81. The highest BCUT2D eigenvalue weighted by Gasteiger charge is 2.15. The van der Waals surface area contributed by atoms with Crippen LogP contribution in [0.15, 0.2) is 36.4 Å². The summed E-state index contributed by atoms with van der Waals surface area (Å²) in [4.78, 5) is 0. The third-order valence-electron chi connectivity index (χ3n) is 3.62. The average molecular weight is 259 g/mol. The summed E-state index contributed by atoms with van der Waals surface area (Å²) >= 11 is 0. The third-order valence-corrected chi connectivity index (χ3v) is 3.62. The van der Waals surface area contributed by atoms with E-state index in [1.807, 2.05) is 0 Å². The number of hydrogen-bond acceptors (Lipinski definition) is 1. The number of hydrogen-bond donors (Lipinski definition) is 1. The molecule has 1 nitrogen and oxygen atoms in total. The van der Waals surface area contributed by atoms with Gasteiger partial charge in [0, 0.05) is 6.04 Å². The average Bonchev–Trinajstić information content (AvgIpc) is 2.37. The van der Waals surface area contributed by atoms with E-state index in [0.717, 1.165) is 19.4 Å². The van der Waals surface area contributed by atoms with Crippen molar-refractivity contribution in [1.29, 1.82) is 0 Å². The highest BCUT2D eigenvalue weighted by Crippen LogP contribution is 2.26. The molecule has 0 bridgehead atoms. The second-order valence-corrected chi connectivity index (χ2v) is 6.29. The lowest BCUT2D eigenvalue weighted by atomic mass is 9.86. The summed E-state index contributed by atoms with van der Waals surface area (Å²) in [5.74, 6) is 0. The lowest BCUT2D eigenvalue weighted by Gasteiger charge is -2.22. The van der Waals surface area contributed by atoms with Crippen molar-refractivity contribution in [1.82, 2.24) is 5.32 Å². The molecule has 1 atom stereocenters. The minimum absolute atomic E-state index is 0.221. The van der Waals surface area contributed by atoms with Gasteiger partial charge in [-0.25, -0.2) is 0 Å². The van der Waals surface area contributed by atoms with E-state index in [-0.39, 0.29) is 5.41 Å².